The second kappa shape index (κ2) is 13.1. The summed E-state index contributed by atoms with van der Waals surface area (Å²) < 4.78 is 1.33. The SMILES string of the molecule is CN(C)C(=O)Cn1cc(O)c(=O)cc1C=CC1=C(C(=O)O)N2C(=O)[C@@H](NC(=O)/C(=N\OC(C)(C)C(=O)O)c3csc(N)n3)[C@H]2SC1. The Kier molecular flexibility index (Phi) is 9.57. The highest BCUT2D eigenvalue weighted by Crippen LogP contribution is 2.41. The number of nitrogens with zero attached hydrogens (tertiary/aromatic N) is 5. The molecule has 2 aromatic heterocycles. The number of amides is 3. The fraction of sp³-hybridized carbons (Fsp3) is 0.333. The zero-order valence-electron chi connectivity index (χ0n) is 24.8. The Hall–Kier alpha value is -5.17. The summed E-state index contributed by atoms with van der Waals surface area (Å²) in [6, 6.07) is -0.0870. The molecule has 0 bridgehead atoms. The maximum atomic E-state index is 13.3. The van der Waals surface area contributed by atoms with Gasteiger partial charge in [-0.1, -0.05) is 11.2 Å². The average Bonchev–Trinajstić information content (AvgIpc) is 3.41. The maximum absolute atomic E-state index is 13.3. The number of allylic oxidation sites excluding steroid dienone is 1. The Morgan fingerprint density at radius 3 is 2.52 bits per heavy atom. The molecule has 0 aliphatic carbocycles. The molecular formula is C27H29N7O10S2. The van der Waals surface area contributed by atoms with Crippen LogP contribution in [0.2, 0.25) is 0 Å². The first-order valence-electron chi connectivity index (χ1n) is 13.3. The Morgan fingerprint density at radius 2 is 1.93 bits per heavy atom. The molecule has 4 heterocycles. The lowest BCUT2D eigenvalue weighted by Crippen LogP contribution is -2.71. The number of thiazole rings is 1. The molecule has 0 spiro atoms. The molecule has 0 saturated carbocycles. The van der Waals surface area contributed by atoms with Gasteiger partial charge in [0, 0.05) is 37.0 Å². The van der Waals surface area contributed by atoms with Crippen LogP contribution >= 0.6 is 23.1 Å². The van der Waals surface area contributed by atoms with Crippen molar-refractivity contribution in [2.24, 2.45) is 5.16 Å². The van der Waals surface area contributed by atoms with Gasteiger partial charge in [0.1, 0.15) is 29.4 Å². The van der Waals surface area contributed by atoms with E-state index in [0.29, 0.717) is 0 Å². The maximum Gasteiger partial charge on any atom is 0.352 e. The number of oxime groups is 1. The van der Waals surface area contributed by atoms with Crippen molar-refractivity contribution in [3.05, 3.63) is 56.6 Å². The molecule has 17 nitrogen and oxygen atoms in total. The van der Waals surface area contributed by atoms with Crippen LogP contribution in [-0.2, 0) is 35.4 Å². The second-order valence-electron chi connectivity index (χ2n) is 10.7. The van der Waals surface area contributed by atoms with E-state index in [1.807, 2.05) is 0 Å². The number of rotatable bonds is 11. The minimum atomic E-state index is -1.81. The fourth-order valence-corrected chi connectivity index (χ4v) is 5.98. The Morgan fingerprint density at radius 1 is 1.24 bits per heavy atom. The van der Waals surface area contributed by atoms with Crippen LogP contribution in [-0.4, -0.2) is 107 Å². The summed E-state index contributed by atoms with van der Waals surface area (Å²) in [5.41, 5.74) is 2.75. The molecule has 2 aromatic rings. The molecule has 2 atom stereocenters. The summed E-state index contributed by atoms with van der Waals surface area (Å²) in [6.45, 7) is 2.21. The molecule has 19 heteroatoms. The number of anilines is 1. The van der Waals surface area contributed by atoms with E-state index in [1.54, 1.807) is 0 Å². The third kappa shape index (κ3) is 6.89. The van der Waals surface area contributed by atoms with Gasteiger partial charge in [0.25, 0.3) is 11.8 Å². The number of aromatic hydroxyl groups is 1. The van der Waals surface area contributed by atoms with Crippen molar-refractivity contribution in [2.45, 2.75) is 37.4 Å². The van der Waals surface area contributed by atoms with Crippen LogP contribution in [0.15, 0.2) is 44.9 Å². The van der Waals surface area contributed by atoms with E-state index in [-0.39, 0.29) is 46.0 Å². The van der Waals surface area contributed by atoms with Crippen molar-refractivity contribution in [1.29, 1.82) is 0 Å². The van der Waals surface area contributed by atoms with Gasteiger partial charge in [-0.15, -0.1) is 23.1 Å². The van der Waals surface area contributed by atoms with Gasteiger partial charge in [-0.25, -0.2) is 14.6 Å². The molecule has 1 fully saturated rings. The molecular weight excluding hydrogens is 646 g/mol. The standard InChI is InChI=1S/C27H29N7O10S2/c1-27(2,25(42)43)44-31-18(14-11-46-26(28)29-14)21(38)30-19-22(39)34-20(24(40)41)12(10-45-23(19)34)5-6-13-7-15(35)16(36)8-33(13)9-17(37)32(3)4/h5-8,11,19,23,36H,9-10H2,1-4H3,(H2,28,29)(H,30,38)(H,40,41)(H,42,43)/b6-5?,31-18-/t19-,23-/m1/s1. The molecule has 0 unspecified atom stereocenters. The summed E-state index contributed by atoms with van der Waals surface area (Å²) in [4.78, 5) is 86.1. The van der Waals surface area contributed by atoms with Crippen molar-refractivity contribution in [2.75, 3.05) is 25.6 Å². The molecule has 0 aromatic carbocycles. The number of hydrogen-bond donors (Lipinski definition) is 5. The quantitative estimate of drug-likeness (QED) is 0.117. The fourth-order valence-electron chi connectivity index (χ4n) is 4.11. The topological polar surface area (TPSA) is 247 Å². The normalized spacial score (nSPS) is 18.2. The number of carboxylic acid groups (broad SMARTS) is 2. The van der Waals surface area contributed by atoms with E-state index in [0.717, 1.165) is 40.3 Å². The molecule has 46 heavy (non-hydrogen) atoms. The van der Waals surface area contributed by atoms with E-state index < -0.39 is 57.7 Å². The first kappa shape index (κ1) is 33.7. The number of carbonyl (C=O) groups is 5. The van der Waals surface area contributed by atoms with Gasteiger partial charge < -0.3 is 40.7 Å². The lowest BCUT2D eigenvalue weighted by atomic mass is 10.0. The van der Waals surface area contributed by atoms with Crippen LogP contribution in [0.1, 0.15) is 25.2 Å². The van der Waals surface area contributed by atoms with Gasteiger partial charge in [0.05, 0.1) is 6.20 Å². The van der Waals surface area contributed by atoms with Gasteiger partial charge >= 0.3 is 11.9 Å². The highest BCUT2D eigenvalue weighted by atomic mass is 32.2. The molecule has 4 rings (SSSR count). The lowest BCUT2D eigenvalue weighted by Gasteiger charge is -2.49. The number of aliphatic carboxylic acids is 2. The number of likely N-dealkylation sites (N-methyl/N-ethyl adjacent to an activating group) is 1. The van der Waals surface area contributed by atoms with E-state index in [1.165, 1.54) is 54.9 Å². The van der Waals surface area contributed by atoms with Crippen LogP contribution in [0.5, 0.6) is 5.75 Å². The highest BCUT2D eigenvalue weighted by Gasteiger charge is 2.54. The zero-order valence-corrected chi connectivity index (χ0v) is 26.4. The number of fused-ring (bicyclic) bond motifs is 1. The van der Waals surface area contributed by atoms with Gasteiger partial charge in [-0.05, 0) is 25.5 Å². The molecule has 6 N–H and O–H groups in total. The van der Waals surface area contributed by atoms with Gasteiger partial charge in [-0.2, -0.15) is 0 Å². The zero-order chi connectivity index (χ0) is 34.1. The Balaban J connectivity index is 1.59. The molecule has 3 amide bonds. The van der Waals surface area contributed by atoms with E-state index in [9.17, 15) is 44.1 Å². The number of carbonyl (C=O) groups excluding carboxylic acids is 3. The molecule has 2 aliphatic rings. The summed E-state index contributed by atoms with van der Waals surface area (Å²) in [5, 5.41) is 36.1. The van der Waals surface area contributed by atoms with Gasteiger partial charge in [0.2, 0.25) is 16.9 Å². The monoisotopic (exact) mass is 675 g/mol. The highest BCUT2D eigenvalue weighted by molar-refractivity contribution is 8.00. The Labute approximate surface area is 268 Å². The predicted molar refractivity (Wildman–Crippen MR) is 166 cm³/mol. The predicted octanol–water partition coefficient (Wildman–Crippen LogP) is -0.283. The molecule has 244 valence electrons. The summed E-state index contributed by atoms with van der Waals surface area (Å²) in [7, 11) is 3.08. The number of pyridine rings is 1. The number of carboxylic acids is 2. The third-order valence-electron chi connectivity index (χ3n) is 6.75. The summed E-state index contributed by atoms with van der Waals surface area (Å²) >= 11 is 2.14. The van der Waals surface area contributed by atoms with E-state index >= 15 is 0 Å². The van der Waals surface area contributed by atoms with Crippen molar-refractivity contribution >= 4 is 69.7 Å². The van der Waals surface area contributed by atoms with Crippen molar-refractivity contribution in [1.82, 2.24) is 24.7 Å². The number of nitrogens with one attached hydrogen (secondary N) is 1. The number of thioether (sulfide) groups is 1. The van der Waals surface area contributed by atoms with Crippen LogP contribution in [0.4, 0.5) is 5.13 Å². The van der Waals surface area contributed by atoms with Crippen molar-refractivity contribution < 1.29 is 44.1 Å². The van der Waals surface area contributed by atoms with E-state index in [2.05, 4.69) is 15.5 Å². The lowest BCUT2D eigenvalue weighted by molar-refractivity contribution is -0.161. The van der Waals surface area contributed by atoms with Crippen LogP contribution in [0.3, 0.4) is 0 Å². The van der Waals surface area contributed by atoms with Crippen LogP contribution in [0.25, 0.3) is 6.08 Å². The average molecular weight is 676 g/mol. The third-order valence-corrected chi connectivity index (χ3v) is 8.72. The van der Waals surface area contributed by atoms with Crippen LogP contribution < -0.4 is 16.5 Å². The van der Waals surface area contributed by atoms with Crippen LogP contribution in [0, 0.1) is 0 Å². The first-order chi connectivity index (χ1) is 21.5. The van der Waals surface area contributed by atoms with Crippen molar-refractivity contribution in [3.63, 3.8) is 0 Å². The minimum Gasteiger partial charge on any atom is -0.503 e. The Bertz CT molecular complexity index is 1780. The number of β-lactam (4-membered cyclic amide) rings is 1. The summed E-state index contributed by atoms with van der Waals surface area (Å²) in [6.07, 6.45) is 3.89. The largest absolute Gasteiger partial charge is 0.503 e. The number of hydrogen-bond acceptors (Lipinski definition) is 13. The number of nitrogens with two attached hydrogens (primary N) is 1. The van der Waals surface area contributed by atoms with Gasteiger partial charge in [0.15, 0.2) is 16.6 Å². The molecule has 1 saturated heterocycles. The van der Waals surface area contributed by atoms with Gasteiger partial charge in [-0.3, -0.25) is 24.1 Å². The van der Waals surface area contributed by atoms with Crippen molar-refractivity contribution in [3.8, 4) is 5.75 Å². The number of nitrogen functional groups attached to an aromatic ring is 1. The molecule has 0 radical (unpaired) electrons. The second-order valence-corrected chi connectivity index (χ2v) is 12.6. The minimum absolute atomic E-state index is 0.0281. The number of aromatic nitrogens is 2. The summed E-state index contributed by atoms with van der Waals surface area (Å²) in [5.74, 6) is -5.28. The van der Waals surface area contributed by atoms with E-state index in [4.69, 9.17) is 10.6 Å². The molecule has 2 aliphatic heterocycles. The first-order valence-corrected chi connectivity index (χ1v) is 15.2. The smallest absolute Gasteiger partial charge is 0.352 e.